The van der Waals surface area contributed by atoms with Crippen LogP contribution in [-0.2, 0) is 11.2 Å². The van der Waals surface area contributed by atoms with E-state index >= 15 is 0 Å². The highest BCUT2D eigenvalue weighted by molar-refractivity contribution is 5.83. The Morgan fingerprint density at radius 1 is 1.16 bits per heavy atom. The lowest BCUT2D eigenvalue weighted by Crippen LogP contribution is -2.45. The average molecular weight is 260 g/mol. The van der Waals surface area contributed by atoms with E-state index in [4.69, 9.17) is 0 Å². The number of hydrogen-bond donors (Lipinski definition) is 1. The molecule has 0 amide bonds. The van der Waals surface area contributed by atoms with E-state index in [1.165, 1.54) is 22.3 Å². The van der Waals surface area contributed by atoms with E-state index in [2.05, 4.69) is 43.1 Å². The predicted octanol–water partition coefficient (Wildman–Crippen LogP) is 1.63. The van der Waals surface area contributed by atoms with E-state index < -0.39 is 0 Å². The topological polar surface area (TPSA) is 32.3 Å². The molecule has 0 aromatic heterocycles. The second-order valence-corrected chi connectivity index (χ2v) is 5.62. The predicted molar refractivity (Wildman–Crippen MR) is 78.7 cm³/mol. The zero-order valence-electron chi connectivity index (χ0n) is 12.3. The molecule has 0 bridgehead atoms. The van der Waals surface area contributed by atoms with Crippen LogP contribution < -0.4 is 5.32 Å². The molecule has 1 aliphatic rings. The summed E-state index contributed by atoms with van der Waals surface area (Å²) in [6.07, 6.45) is 0.571. The number of rotatable bonds is 4. The highest BCUT2D eigenvalue weighted by atomic mass is 16.1. The molecule has 1 saturated heterocycles. The van der Waals surface area contributed by atoms with Gasteiger partial charge in [0.15, 0.2) is 5.78 Å². The van der Waals surface area contributed by atoms with Crippen molar-refractivity contribution in [1.82, 2.24) is 10.2 Å². The van der Waals surface area contributed by atoms with Gasteiger partial charge < -0.3 is 5.32 Å². The quantitative estimate of drug-likeness (QED) is 0.893. The molecule has 1 aromatic carbocycles. The molecule has 19 heavy (non-hydrogen) atoms. The number of piperazine rings is 1. The molecule has 3 nitrogen and oxygen atoms in total. The summed E-state index contributed by atoms with van der Waals surface area (Å²) >= 11 is 0. The Morgan fingerprint density at radius 2 is 1.74 bits per heavy atom. The first kappa shape index (κ1) is 14.2. The van der Waals surface area contributed by atoms with Crippen LogP contribution in [0.3, 0.4) is 0 Å². The fraction of sp³-hybridized carbons (Fsp3) is 0.562. The number of nitrogens with one attached hydrogen (secondary N) is 1. The van der Waals surface area contributed by atoms with Gasteiger partial charge in [0.25, 0.3) is 0 Å². The van der Waals surface area contributed by atoms with Crippen LogP contribution in [0.2, 0.25) is 0 Å². The molecule has 0 radical (unpaired) electrons. The Balaban J connectivity index is 1.98. The van der Waals surface area contributed by atoms with Gasteiger partial charge in [0.2, 0.25) is 0 Å². The van der Waals surface area contributed by atoms with Crippen LogP contribution in [0.1, 0.15) is 22.3 Å². The summed E-state index contributed by atoms with van der Waals surface area (Å²) in [6, 6.07) is 4.33. The molecular formula is C16H24N2O. The minimum absolute atomic E-state index is 0.331. The molecule has 1 aromatic rings. The van der Waals surface area contributed by atoms with Crippen LogP contribution in [0.15, 0.2) is 12.1 Å². The molecule has 3 heteroatoms. The van der Waals surface area contributed by atoms with Crippen molar-refractivity contribution in [3.8, 4) is 0 Å². The summed E-state index contributed by atoms with van der Waals surface area (Å²) < 4.78 is 0. The van der Waals surface area contributed by atoms with Gasteiger partial charge in [-0.15, -0.1) is 0 Å². The number of carbonyl (C=O) groups excluding carboxylic acids is 1. The number of Topliss-reactive ketones (excluding diaryl/α,β-unsaturated/α-hetero) is 1. The Kier molecular flexibility index (Phi) is 4.72. The van der Waals surface area contributed by atoms with Crippen molar-refractivity contribution in [2.45, 2.75) is 27.2 Å². The molecule has 0 aliphatic carbocycles. The van der Waals surface area contributed by atoms with Crippen LogP contribution in [-0.4, -0.2) is 43.4 Å². The van der Waals surface area contributed by atoms with Crippen molar-refractivity contribution in [2.24, 2.45) is 0 Å². The SMILES string of the molecule is Cc1cc(C)c(CC(=O)CN2CCNCC2)c(C)c1. The molecule has 2 rings (SSSR count). The van der Waals surface area contributed by atoms with E-state index in [-0.39, 0.29) is 0 Å². The summed E-state index contributed by atoms with van der Waals surface area (Å²) in [5.41, 5.74) is 4.97. The third-order valence-electron chi connectivity index (χ3n) is 3.82. The van der Waals surface area contributed by atoms with Crippen molar-refractivity contribution < 1.29 is 4.79 Å². The summed E-state index contributed by atoms with van der Waals surface area (Å²) in [5, 5.41) is 3.31. The standard InChI is InChI=1S/C16H24N2O/c1-12-8-13(2)16(14(3)9-12)10-15(19)11-18-6-4-17-5-7-18/h8-9,17H,4-7,10-11H2,1-3H3. The maximum Gasteiger partial charge on any atom is 0.151 e. The minimum Gasteiger partial charge on any atom is -0.314 e. The lowest BCUT2D eigenvalue weighted by atomic mass is 9.95. The Hall–Kier alpha value is -1.19. The third kappa shape index (κ3) is 3.88. The zero-order chi connectivity index (χ0) is 13.8. The minimum atomic E-state index is 0.331. The number of hydrogen-bond acceptors (Lipinski definition) is 3. The highest BCUT2D eigenvalue weighted by Crippen LogP contribution is 2.17. The van der Waals surface area contributed by atoms with Gasteiger partial charge in [-0.3, -0.25) is 9.69 Å². The van der Waals surface area contributed by atoms with Gasteiger partial charge in [-0.25, -0.2) is 0 Å². The maximum absolute atomic E-state index is 12.2. The van der Waals surface area contributed by atoms with E-state index in [0.717, 1.165) is 26.2 Å². The van der Waals surface area contributed by atoms with E-state index in [1.807, 2.05) is 0 Å². The van der Waals surface area contributed by atoms with Crippen LogP contribution in [0.25, 0.3) is 0 Å². The molecular weight excluding hydrogens is 236 g/mol. The Morgan fingerprint density at radius 3 is 2.32 bits per heavy atom. The Bertz CT molecular complexity index is 439. The number of carbonyl (C=O) groups is 1. The average Bonchev–Trinajstić information content (AvgIpc) is 2.35. The lowest BCUT2D eigenvalue weighted by Gasteiger charge is -2.26. The van der Waals surface area contributed by atoms with E-state index in [9.17, 15) is 4.79 Å². The smallest absolute Gasteiger partial charge is 0.151 e. The highest BCUT2D eigenvalue weighted by Gasteiger charge is 2.15. The first-order chi connectivity index (χ1) is 9.06. The van der Waals surface area contributed by atoms with Crippen molar-refractivity contribution >= 4 is 5.78 Å². The molecule has 1 heterocycles. The van der Waals surface area contributed by atoms with Crippen LogP contribution in [0.4, 0.5) is 0 Å². The fourth-order valence-corrected chi connectivity index (χ4v) is 2.86. The van der Waals surface area contributed by atoms with Gasteiger partial charge in [-0.1, -0.05) is 17.7 Å². The molecule has 1 fully saturated rings. The van der Waals surface area contributed by atoms with Crippen LogP contribution in [0, 0.1) is 20.8 Å². The summed E-state index contributed by atoms with van der Waals surface area (Å²) in [7, 11) is 0. The van der Waals surface area contributed by atoms with Crippen molar-refractivity contribution in [1.29, 1.82) is 0 Å². The monoisotopic (exact) mass is 260 g/mol. The molecule has 0 atom stereocenters. The van der Waals surface area contributed by atoms with Gasteiger partial charge in [-0.05, 0) is 37.5 Å². The lowest BCUT2D eigenvalue weighted by molar-refractivity contribution is -0.119. The second-order valence-electron chi connectivity index (χ2n) is 5.62. The molecule has 1 N–H and O–H groups in total. The fourth-order valence-electron chi connectivity index (χ4n) is 2.86. The third-order valence-corrected chi connectivity index (χ3v) is 3.82. The molecule has 0 spiro atoms. The van der Waals surface area contributed by atoms with Gasteiger partial charge >= 0.3 is 0 Å². The molecule has 1 aliphatic heterocycles. The zero-order valence-corrected chi connectivity index (χ0v) is 12.3. The van der Waals surface area contributed by atoms with Crippen molar-refractivity contribution in [2.75, 3.05) is 32.7 Å². The van der Waals surface area contributed by atoms with Crippen LogP contribution in [0.5, 0.6) is 0 Å². The van der Waals surface area contributed by atoms with Gasteiger partial charge in [-0.2, -0.15) is 0 Å². The molecule has 104 valence electrons. The van der Waals surface area contributed by atoms with E-state index in [1.54, 1.807) is 0 Å². The summed E-state index contributed by atoms with van der Waals surface area (Å²) in [4.78, 5) is 14.5. The number of ketones is 1. The normalized spacial score (nSPS) is 16.6. The number of benzene rings is 1. The molecule has 0 saturated carbocycles. The van der Waals surface area contributed by atoms with Crippen molar-refractivity contribution in [3.63, 3.8) is 0 Å². The number of aryl methyl sites for hydroxylation is 3. The number of nitrogens with zero attached hydrogens (tertiary/aromatic N) is 1. The van der Waals surface area contributed by atoms with Gasteiger partial charge in [0, 0.05) is 32.6 Å². The van der Waals surface area contributed by atoms with Gasteiger partial charge in [0.1, 0.15) is 0 Å². The first-order valence-electron chi connectivity index (χ1n) is 7.08. The summed E-state index contributed by atoms with van der Waals surface area (Å²) in [6.45, 7) is 10.9. The summed E-state index contributed by atoms with van der Waals surface area (Å²) in [5.74, 6) is 0.331. The largest absolute Gasteiger partial charge is 0.314 e. The Labute approximate surface area is 116 Å². The van der Waals surface area contributed by atoms with Crippen molar-refractivity contribution in [3.05, 3.63) is 34.4 Å². The second kappa shape index (κ2) is 6.31. The van der Waals surface area contributed by atoms with E-state index in [0.29, 0.717) is 18.7 Å². The molecule has 0 unspecified atom stereocenters. The van der Waals surface area contributed by atoms with Gasteiger partial charge in [0.05, 0.1) is 6.54 Å². The first-order valence-corrected chi connectivity index (χ1v) is 7.08. The maximum atomic E-state index is 12.2. The van der Waals surface area contributed by atoms with Crippen LogP contribution >= 0.6 is 0 Å².